The third-order valence-electron chi connectivity index (χ3n) is 2.82. The molecular formula is C13H19N3S. The molecule has 0 saturated heterocycles. The maximum absolute atomic E-state index is 4.24. The van der Waals surface area contributed by atoms with Crippen molar-refractivity contribution in [2.45, 2.75) is 25.3 Å². The summed E-state index contributed by atoms with van der Waals surface area (Å²) in [7, 11) is 1.82. The highest BCUT2D eigenvalue weighted by atomic mass is 32.1. The van der Waals surface area contributed by atoms with Crippen molar-refractivity contribution in [2.75, 3.05) is 13.6 Å². The topological polar surface area (TPSA) is 36.4 Å². The standard InChI is InChI=1S/C13H19N3S/c1-14-13(16-11-5-2-3-6-11)15-9-8-12-7-4-10-17-12/h2-4,7,10-11H,5-6,8-9H2,1H3,(H2,14,15,16). The van der Waals surface area contributed by atoms with Gasteiger partial charge >= 0.3 is 0 Å². The second-order valence-corrected chi connectivity index (χ2v) is 5.14. The zero-order valence-corrected chi connectivity index (χ0v) is 11.0. The van der Waals surface area contributed by atoms with E-state index in [1.165, 1.54) is 4.88 Å². The number of hydrogen-bond donors (Lipinski definition) is 2. The SMILES string of the molecule is CN=C(NCCc1cccs1)NC1CC=CC1. The van der Waals surface area contributed by atoms with Gasteiger partial charge in [-0.05, 0) is 30.7 Å². The first-order valence-electron chi connectivity index (χ1n) is 6.03. The monoisotopic (exact) mass is 249 g/mol. The molecule has 1 aromatic rings. The lowest BCUT2D eigenvalue weighted by Crippen LogP contribution is -2.43. The molecule has 0 unspecified atom stereocenters. The van der Waals surface area contributed by atoms with Gasteiger partial charge in [0.1, 0.15) is 0 Å². The molecule has 2 N–H and O–H groups in total. The molecule has 0 aromatic carbocycles. The maximum atomic E-state index is 4.24. The van der Waals surface area contributed by atoms with Gasteiger partial charge < -0.3 is 10.6 Å². The Morgan fingerprint density at radius 3 is 2.94 bits per heavy atom. The van der Waals surface area contributed by atoms with Crippen LogP contribution >= 0.6 is 11.3 Å². The highest BCUT2D eigenvalue weighted by Crippen LogP contribution is 2.09. The Bertz CT molecular complexity index is 373. The van der Waals surface area contributed by atoms with Gasteiger partial charge in [0.2, 0.25) is 0 Å². The van der Waals surface area contributed by atoms with Crippen LogP contribution in [-0.4, -0.2) is 25.6 Å². The minimum atomic E-state index is 0.517. The number of nitrogens with zero attached hydrogens (tertiary/aromatic N) is 1. The fraction of sp³-hybridized carbons (Fsp3) is 0.462. The summed E-state index contributed by atoms with van der Waals surface area (Å²) in [6.07, 6.45) is 7.70. The largest absolute Gasteiger partial charge is 0.356 e. The van der Waals surface area contributed by atoms with Gasteiger partial charge in [-0.1, -0.05) is 18.2 Å². The van der Waals surface area contributed by atoms with E-state index < -0.39 is 0 Å². The number of guanidine groups is 1. The molecule has 4 heteroatoms. The van der Waals surface area contributed by atoms with Crippen molar-refractivity contribution in [3.05, 3.63) is 34.5 Å². The highest BCUT2D eigenvalue weighted by Gasteiger charge is 2.11. The third-order valence-corrected chi connectivity index (χ3v) is 3.75. The number of hydrogen-bond acceptors (Lipinski definition) is 2. The molecule has 0 amide bonds. The van der Waals surface area contributed by atoms with Gasteiger partial charge in [-0.3, -0.25) is 4.99 Å². The molecule has 0 saturated carbocycles. The maximum Gasteiger partial charge on any atom is 0.191 e. The lowest BCUT2D eigenvalue weighted by molar-refractivity contribution is 0.633. The van der Waals surface area contributed by atoms with Crippen molar-refractivity contribution in [1.29, 1.82) is 0 Å². The molecular weight excluding hydrogens is 230 g/mol. The van der Waals surface area contributed by atoms with E-state index in [0.29, 0.717) is 6.04 Å². The van der Waals surface area contributed by atoms with Crippen LogP contribution in [0.25, 0.3) is 0 Å². The number of nitrogens with one attached hydrogen (secondary N) is 2. The Morgan fingerprint density at radius 2 is 2.29 bits per heavy atom. The number of rotatable bonds is 4. The Kier molecular flexibility index (Phi) is 4.62. The molecule has 0 fully saturated rings. The summed E-state index contributed by atoms with van der Waals surface area (Å²) in [6, 6.07) is 4.78. The van der Waals surface area contributed by atoms with E-state index in [1.54, 1.807) is 11.3 Å². The third kappa shape index (κ3) is 3.89. The van der Waals surface area contributed by atoms with E-state index in [2.05, 4.69) is 45.3 Å². The average Bonchev–Trinajstić information content (AvgIpc) is 3.00. The minimum absolute atomic E-state index is 0.517. The quantitative estimate of drug-likeness (QED) is 0.487. The van der Waals surface area contributed by atoms with Crippen molar-refractivity contribution >= 4 is 17.3 Å². The van der Waals surface area contributed by atoms with Crippen LogP contribution < -0.4 is 10.6 Å². The van der Waals surface area contributed by atoms with Crippen molar-refractivity contribution < 1.29 is 0 Å². The van der Waals surface area contributed by atoms with Gasteiger partial charge in [0.05, 0.1) is 0 Å². The van der Waals surface area contributed by atoms with E-state index in [-0.39, 0.29) is 0 Å². The van der Waals surface area contributed by atoms with Crippen LogP contribution in [0.1, 0.15) is 17.7 Å². The molecule has 0 spiro atoms. The van der Waals surface area contributed by atoms with Crippen LogP contribution in [-0.2, 0) is 6.42 Å². The Hall–Kier alpha value is -1.29. The van der Waals surface area contributed by atoms with E-state index in [1.807, 2.05) is 7.05 Å². The molecule has 17 heavy (non-hydrogen) atoms. The summed E-state index contributed by atoms with van der Waals surface area (Å²) in [5.74, 6) is 0.912. The molecule has 3 nitrogen and oxygen atoms in total. The van der Waals surface area contributed by atoms with Crippen LogP contribution in [0.15, 0.2) is 34.7 Å². The van der Waals surface area contributed by atoms with Crippen molar-refractivity contribution in [1.82, 2.24) is 10.6 Å². The first-order chi connectivity index (χ1) is 8.38. The first-order valence-corrected chi connectivity index (χ1v) is 6.91. The number of thiophene rings is 1. The highest BCUT2D eigenvalue weighted by molar-refractivity contribution is 7.09. The van der Waals surface area contributed by atoms with Crippen LogP contribution in [0.2, 0.25) is 0 Å². The lowest BCUT2D eigenvalue weighted by Gasteiger charge is -2.16. The molecule has 0 aliphatic heterocycles. The second-order valence-electron chi connectivity index (χ2n) is 4.11. The van der Waals surface area contributed by atoms with Gasteiger partial charge in [0.15, 0.2) is 5.96 Å². The van der Waals surface area contributed by atoms with Gasteiger partial charge in [-0.2, -0.15) is 0 Å². The smallest absolute Gasteiger partial charge is 0.191 e. The first kappa shape index (κ1) is 12.2. The fourth-order valence-electron chi connectivity index (χ4n) is 1.88. The molecule has 1 aliphatic rings. The second kappa shape index (κ2) is 6.45. The lowest BCUT2D eigenvalue weighted by atomic mass is 10.2. The van der Waals surface area contributed by atoms with Crippen LogP contribution in [0.3, 0.4) is 0 Å². The Labute approximate surface area is 107 Å². The van der Waals surface area contributed by atoms with Crippen molar-refractivity contribution in [3.8, 4) is 0 Å². The normalized spacial score (nSPS) is 16.4. The Balaban J connectivity index is 1.69. The Morgan fingerprint density at radius 1 is 1.47 bits per heavy atom. The van der Waals surface area contributed by atoms with Crippen molar-refractivity contribution in [2.24, 2.45) is 4.99 Å². The summed E-state index contributed by atoms with van der Waals surface area (Å²) < 4.78 is 0. The molecule has 0 atom stereocenters. The zero-order chi connectivity index (χ0) is 11.9. The van der Waals surface area contributed by atoms with E-state index in [9.17, 15) is 0 Å². The summed E-state index contributed by atoms with van der Waals surface area (Å²) >= 11 is 1.80. The van der Waals surface area contributed by atoms with E-state index in [0.717, 1.165) is 31.8 Å². The molecule has 92 valence electrons. The molecule has 1 heterocycles. The van der Waals surface area contributed by atoms with Gasteiger partial charge in [-0.25, -0.2) is 0 Å². The average molecular weight is 249 g/mol. The summed E-state index contributed by atoms with van der Waals surface area (Å²) in [4.78, 5) is 5.65. The molecule has 0 bridgehead atoms. The minimum Gasteiger partial charge on any atom is -0.356 e. The zero-order valence-electron chi connectivity index (χ0n) is 10.1. The van der Waals surface area contributed by atoms with Crippen LogP contribution in [0.5, 0.6) is 0 Å². The van der Waals surface area contributed by atoms with E-state index in [4.69, 9.17) is 0 Å². The summed E-state index contributed by atoms with van der Waals surface area (Å²) in [5.41, 5.74) is 0. The molecule has 1 aromatic heterocycles. The summed E-state index contributed by atoms with van der Waals surface area (Å²) in [6.45, 7) is 0.931. The van der Waals surface area contributed by atoms with Gasteiger partial charge in [0, 0.05) is 24.5 Å². The predicted octanol–water partition coefficient (Wildman–Crippen LogP) is 2.17. The summed E-state index contributed by atoms with van der Waals surface area (Å²) in [5, 5.41) is 8.90. The number of aliphatic imine (C=N–C) groups is 1. The van der Waals surface area contributed by atoms with Crippen LogP contribution in [0.4, 0.5) is 0 Å². The fourth-order valence-corrected chi connectivity index (χ4v) is 2.59. The van der Waals surface area contributed by atoms with Gasteiger partial charge in [0.25, 0.3) is 0 Å². The van der Waals surface area contributed by atoms with Crippen molar-refractivity contribution in [3.63, 3.8) is 0 Å². The van der Waals surface area contributed by atoms with E-state index >= 15 is 0 Å². The molecule has 0 radical (unpaired) electrons. The van der Waals surface area contributed by atoms with Gasteiger partial charge in [-0.15, -0.1) is 11.3 Å². The predicted molar refractivity (Wildman–Crippen MR) is 74.7 cm³/mol. The molecule has 1 aliphatic carbocycles. The molecule has 2 rings (SSSR count). The van der Waals surface area contributed by atoms with Crippen LogP contribution in [0, 0.1) is 0 Å².